The van der Waals surface area contributed by atoms with Gasteiger partial charge in [0.15, 0.2) is 6.10 Å². The molecule has 13 heteroatoms. The number of fused-ring (bicyclic) bond motifs is 3. The van der Waals surface area contributed by atoms with Crippen molar-refractivity contribution in [3.8, 4) is 0 Å². The molecule has 7 atom stereocenters. The molecule has 3 amide bonds. The lowest BCUT2D eigenvalue weighted by Crippen LogP contribution is -2.66. The van der Waals surface area contributed by atoms with Gasteiger partial charge in [-0.3, -0.25) is 14.4 Å². The molecule has 1 spiro atoms. The molecule has 41 heavy (non-hydrogen) atoms. The molecule has 0 saturated carbocycles. The number of piperidine rings is 2. The van der Waals surface area contributed by atoms with E-state index in [9.17, 15) is 29.7 Å². The van der Waals surface area contributed by atoms with E-state index in [-0.39, 0.29) is 36.9 Å². The normalized spacial score (nSPS) is 38.2. The highest BCUT2D eigenvalue weighted by Crippen LogP contribution is 2.32. The summed E-state index contributed by atoms with van der Waals surface area (Å²) in [5.74, 6) is -1.19. The molecule has 232 valence electrons. The fourth-order valence-corrected chi connectivity index (χ4v) is 7.23. The quantitative estimate of drug-likeness (QED) is 0.208. The van der Waals surface area contributed by atoms with Gasteiger partial charge in [0.25, 0.3) is 5.91 Å². The predicted octanol–water partition coefficient (Wildman–Crippen LogP) is -2.63. The summed E-state index contributed by atoms with van der Waals surface area (Å²) in [6.07, 6.45) is -3.75. The third-order valence-electron chi connectivity index (χ3n) is 9.97. The molecule has 5 rings (SSSR count). The fourth-order valence-electron chi connectivity index (χ4n) is 7.23. The monoisotopic (exact) mass is 580 g/mol. The number of amides is 3. The zero-order chi connectivity index (χ0) is 29.5. The van der Waals surface area contributed by atoms with Crippen molar-refractivity contribution in [3.63, 3.8) is 0 Å². The number of nitrogens with zero attached hydrogens (tertiary/aromatic N) is 3. The second-order valence-corrected chi connectivity index (χ2v) is 13.1. The smallest absolute Gasteiger partial charge is 0.252 e. The molecule has 0 unspecified atom stereocenters. The molecule has 0 aromatic carbocycles. The van der Waals surface area contributed by atoms with Gasteiger partial charge in [-0.05, 0) is 66.1 Å². The van der Waals surface area contributed by atoms with Crippen LogP contribution in [0.4, 0.5) is 0 Å². The van der Waals surface area contributed by atoms with E-state index in [0.29, 0.717) is 44.9 Å². The van der Waals surface area contributed by atoms with E-state index in [1.165, 1.54) is 0 Å². The standard InChI is InChI=1S/C28H48N6O7/c1-16(2)33-12-7-28(8-13-33)14-20(35)34-11-6-18(30-17-4-9-32(3)10-5-17)21(34)26(39)29-15-19-22(36)23(37)24(38)25(41-19)27(40)31-28/h16-19,21-25,30,36-38H,4-15H2,1-3H3,(H,29,39)(H,31,40)/t18-,19+,21+,22+,23-,24-,25+/m1/s1. The van der Waals surface area contributed by atoms with Gasteiger partial charge in [-0.25, -0.2) is 0 Å². The van der Waals surface area contributed by atoms with Gasteiger partial charge in [-0.2, -0.15) is 0 Å². The van der Waals surface area contributed by atoms with Crippen molar-refractivity contribution in [1.29, 1.82) is 0 Å². The third-order valence-corrected chi connectivity index (χ3v) is 9.97. The summed E-state index contributed by atoms with van der Waals surface area (Å²) < 4.78 is 5.83. The molecule has 5 heterocycles. The number of carbonyl (C=O) groups is 3. The second-order valence-electron chi connectivity index (χ2n) is 13.1. The van der Waals surface area contributed by atoms with Gasteiger partial charge in [-0.15, -0.1) is 0 Å². The molecule has 5 aliphatic heterocycles. The van der Waals surface area contributed by atoms with Crippen LogP contribution in [0.2, 0.25) is 0 Å². The largest absolute Gasteiger partial charge is 0.388 e. The Kier molecular flexibility index (Phi) is 9.24. The molecule has 0 radical (unpaired) electrons. The summed E-state index contributed by atoms with van der Waals surface area (Å²) in [5, 5.41) is 41.4. The summed E-state index contributed by atoms with van der Waals surface area (Å²) in [6.45, 7) is 7.73. The zero-order valence-corrected chi connectivity index (χ0v) is 24.5. The molecular formula is C28H48N6O7. The molecule has 13 nitrogen and oxygen atoms in total. The Hall–Kier alpha value is -1.87. The summed E-state index contributed by atoms with van der Waals surface area (Å²) in [5.41, 5.74) is -0.895. The minimum atomic E-state index is -1.66. The Balaban J connectivity index is 1.43. The first-order chi connectivity index (χ1) is 19.5. The lowest BCUT2D eigenvalue weighted by Gasteiger charge is -2.45. The number of carbonyl (C=O) groups excluding carboxylic acids is 3. The van der Waals surface area contributed by atoms with Gasteiger partial charge in [0.2, 0.25) is 11.8 Å². The van der Waals surface area contributed by atoms with E-state index < -0.39 is 48.0 Å². The van der Waals surface area contributed by atoms with Crippen molar-refractivity contribution in [1.82, 2.24) is 30.7 Å². The number of aliphatic hydroxyl groups excluding tert-OH is 3. The molecule has 5 aliphatic rings. The molecule has 0 aliphatic carbocycles. The first kappa shape index (κ1) is 30.6. The van der Waals surface area contributed by atoms with Crippen molar-refractivity contribution >= 4 is 17.7 Å². The van der Waals surface area contributed by atoms with Crippen molar-refractivity contribution < 1.29 is 34.4 Å². The Morgan fingerprint density at radius 3 is 2.27 bits per heavy atom. The van der Waals surface area contributed by atoms with Crippen LogP contribution in [0.25, 0.3) is 0 Å². The van der Waals surface area contributed by atoms with Gasteiger partial charge >= 0.3 is 0 Å². The van der Waals surface area contributed by atoms with Crippen molar-refractivity contribution in [2.24, 2.45) is 0 Å². The highest BCUT2D eigenvalue weighted by atomic mass is 16.5. The van der Waals surface area contributed by atoms with Gasteiger partial charge in [-0.1, -0.05) is 0 Å². The van der Waals surface area contributed by atoms with E-state index >= 15 is 0 Å². The Bertz CT molecular complexity index is 968. The van der Waals surface area contributed by atoms with Crippen LogP contribution in [-0.2, 0) is 19.1 Å². The SMILES string of the molecule is CC(C)N1CCC2(CC1)CC(=O)N1CC[C@@H](NC3CCN(C)CC3)[C@H]1C(=O)NC[C@@H]1O[C@H](C(=O)N2)[C@H](O)[C@H](O)[C@H]1O. The lowest BCUT2D eigenvalue weighted by atomic mass is 9.82. The van der Waals surface area contributed by atoms with Gasteiger partial charge in [0.05, 0.1) is 12.0 Å². The number of hydrogen-bond donors (Lipinski definition) is 6. The zero-order valence-electron chi connectivity index (χ0n) is 24.5. The second kappa shape index (κ2) is 12.4. The minimum Gasteiger partial charge on any atom is -0.388 e. The van der Waals surface area contributed by atoms with Crippen molar-refractivity contribution in [3.05, 3.63) is 0 Å². The molecule has 0 aromatic rings. The maximum absolute atomic E-state index is 14.0. The number of likely N-dealkylation sites (tertiary alicyclic amines) is 2. The van der Waals surface area contributed by atoms with Crippen LogP contribution in [-0.4, -0.2) is 154 Å². The van der Waals surface area contributed by atoms with Crippen LogP contribution in [0.5, 0.6) is 0 Å². The Morgan fingerprint density at radius 1 is 0.927 bits per heavy atom. The first-order valence-electron chi connectivity index (χ1n) is 15.3. The number of rotatable bonds is 3. The van der Waals surface area contributed by atoms with Crippen molar-refractivity contribution in [2.45, 2.75) is 113 Å². The number of aliphatic hydroxyl groups is 3. The number of hydrogen-bond acceptors (Lipinski definition) is 10. The lowest BCUT2D eigenvalue weighted by molar-refractivity contribution is -0.220. The van der Waals surface area contributed by atoms with E-state index in [1.807, 2.05) is 0 Å². The van der Waals surface area contributed by atoms with E-state index in [2.05, 4.69) is 46.6 Å². The first-order valence-corrected chi connectivity index (χ1v) is 15.3. The van der Waals surface area contributed by atoms with Gasteiger partial charge in [0, 0.05) is 44.3 Å². The highest BCUT2D eigenvalue weighted by molar-refractivity contribution is 5.90. The summed E-state index contributed by atoms with van der Waals surface area (Å²) in [7, 11) is 2.09. The van der Waals surface area contributed by atoms with E-state index in [1.54, 1.807) is 4.90 Å². The van der Waals surface area contributed by atoms with Crippen LogP contribution < -0.4 is 16.0 Å². The topological polar surface area (TPSA) is 167 Å². The summed E-state index contributed by atoms with van der Waals surface area (Å²) in [4.78, 5) is 47.5. The van der Waals surface area contributed by atoms with E-state index in [4.69, 9.17) is 4.74 Å². The number of ether oxygens (including phenoxy) is 1. The molecule has 6 N–H and O–H groups in total. The third kappa shape index (κ3) is 6.41. The minimum absolute atomic E-state index is 0.0207. The molecular weight excluding hydrogens is 532 g/mol. The van der Waals surface area contributed by atoms with Crippen LogP contribution in [0.3, 0.4) is 0 Å². The molecule has 2 bridgehead atoms. The highest BCUT2D eigenvalue weighted by Gasteiger charge is 2.51. The average molecular weight is 581 g/mol. The molecule has 0 aromatic heterocycles. The molecule has 5 saturated heterocycles. The maximum atomic E-state index is 14.0. The maximum Gasteiger partial charge on any atom is 0.252 e. The van der Waals surface area contributed by atoms with Crippen LogP contribution in [0.1, 0.15) is 52.4 Å². The summed E-state index contributed by atoms with van der Waals surface area (Å²) >= 11 is 0. The van der Waals surface area contributed by atoms with Crippen LogP contribution in [0.15, 0.2) is 0 Å². The van der Waals surface area contributed by atoms with E-state index in [0.717, 1.165) is 25.9 Å². The molecule has 5 fully saturated rings. The Labute approximate surface area is 241 Å². The Morgan fingerprint density at radius 2 is 1.61 bits per heavy atom. The van der Waals surface area contributed by atoms with Gasteiger partial charge in [0.1, 0.15) is 30.5 Å². The van der Waals surface area contributed by atoms with Crippen LogP contribution in [0, 0.1) is 0 Å². The predicted molar refractivity (Wildman–Crippen MR) is 149 cm³/mol. The summed E-state index contributed by atoms with van der Waals surface area (Å²) in [6, 6.07) is -0.426. The number of nitrogens with one attached hydrogen (secondary N) is 3. The fraction of sp³-hybridized carbons (Fsp3) is 0.893. The van der Waals surface area contributed by atoms with Gasteiger partial charge < -0.3 is 50.7 Å². The average Bonchev–Trinajstić information content (AvgIpc) is 3.36. The van der Waals surface area contributed by atoms with Crippen molar-refractivity contribution in [2.75, 3.05) is 46.3 Å². The van der Waals surface area contributed by atoms with Crippen LogP contribution >= 0.6 is 0 Å².